The number of nitrogen functional groups attached to an aromatic ring is 1. The summed E-state index contributed by atoms with van der Waals surface area (Å²) >= 11 is 7.56. The SMILES string of the molecule is N#Cc1cnc2c(F)c(-c3ccc(F)c4sc(N)nc34)c(Cl)cc2c1N1CCNCC1. The molecule has 10 heteroatoms. The van der Waals surface area contributed by atoms with E-state index in [4.69, 9.17) is 17.3 Å². The number of fused-ring (bicyclic) bond motifs is 2. The van der Waals surface area contributed by atoms with E-state index in [1.165, 1.54) is 18.3 Å². The summed E-state index contributed by atoms with van der Waals surface area (Å²) in [7, 11) is 0. The molecule has 0 amide bonds. The van der Waals surface area contributed by atoms with Crippen LogP contribution in [0.3, 0.4) is 0 Å². The molecule has 0 saturated carbocycles. The molecule has 0 radical (unpaired) electrons. The number of aromatic nitrogens is 2. The van der Waals surface area contributed by atoms with Gasteiger partial charge in [0, 0.05) is 48.9 Å². The summed E-state index contributed by atoms with van der Waals surface area (Å²) in [6.07, 6.45) is 1.38. The molecular weight excluding hydrogens is 442 g/mol. The Hall–Kier alpha value is -3.06. The number of thiazole rings is 1. The predicted molar refractivity (Wildman–Crippen MR) is 119 cm³/mol. The Morgan fingerprint density at radius 3 is 2.74 bits per heavy atom. The Labute approximate surface area is 184 Å². The molecule has 31 heavy (non-hydrogen) atoms. The molecule has 0 aliphatic carbocycles. The van der Waals surface area contributed by atoms with Gasteiger partial charge in [0.2, 0.25) is 0 Å². The second kappa shape index (κ2) is 7.57. The van der Waals surface area contributed by atoms with Gasteiger partial charge in [0.25, 0.3) is 0 Å². The van der Waals surface area contributed by atoms with Gasteiger partial charge in [0.05, 0.1) is 26.5 Å². The van der Waals surface area contributed by atoms with E-state index in [2.05, 4.69) is 21.4 Å². The zero-order chi connectivity index (χ0) is 21.7. The van der Waals surface area contributed by atoms with Crippen LogP contribution in [-0.2, 0) is 0 Å². The molecule has 0 unspecified atom stereocenters. The van der Waals surface area contributed by atoms with Gasteiger partial charge >= 0.3 is 0 Å². The molecule has 3 heterocycles. The molecule has 156 valence electrons. The molecule has 5 rings (SSSR count). The van der Waals surface area contributed by atoms with Gasteiger partial charge in [-0.2, -0.15) is 5.26 Å². The Bertz CT molecular complexity index is 1390. The molecule has 1 aliphatic rings. The Morgan fingerprint density at radius 2 is 2.00 bits per heavy atom. The lowest BCUT2D eigenvalue weighted by Gasteiger charge is -2.31. The summed E-state index contributed by atoms with van der Waals surface area (Å²) in [5, 5.41) is 13.6. The van der Waals surface area contributed by atoms with Crippen molar-refractivity contribution in [2.45, 2.75) is 0 Å². The first kappa shape index (κ1) is 19.9. The van der Waals surface area contributed by atoms with Gasteiger partial charge in [-0.15, -0.1) is 0 Å². The lowest BCUT2D eigenvalue weighted by molar-refractivity contribution is 0.589. The maximum absolute atomic E-state index is 15.8. The maximum atomic E-state index is 15.8. The summed E-state index contributed by atoms with van der Waals surface area (Å²) in [6, 6.07) is 6.45. The highest BCUT2D eigenvalue weighted by molar-refractivity contribution is 7.22. The summed E-state index contributed by atoms with van der Waals surface area (Å²) < 4.78 is 30.3. The van der Waals surface area contributed by atoms with Crippen molar-refractivity contribution in [2.24, 2.45) is 0 Å². The zero-order valence-corrected chi connectivity index (χ0v) is 17.6. The van der Waals surface area contributed by atoms with Gasteiger partial charge in [0.15, 0.2) is 10.9 Å². The fraction of sp³-hybridized carbons (Fsp3) is 0.190. The highest BCUT2D eigenvalue weighted by Crippen LogP contribution is 2.43. The van der Waals surface area contributed by atoms with E-state index >= 15 is 4.39 Å². The number of nitrogens with zero attached hydrogens (tertiary/aromatic N) is 4. The van der Waals surface area contributed by atoms with Gasteiger partial charge in [-0.3, -0.25) is 4.98 Å². The minimum Gasteiger partial charge on any atom is -0.375 e. The number of hydrogen-bond acceptors (Lipinski definition) is 7. The number of nitrogens with two attached hydrogens (primary N) is 1. The van der Waals surface area contributed by atoms with Crippen molar-refractivity contribution in [1.82, 2.24) is 15.3 Å². The second-order valence-electron chi connectivity index (χ2n) is 7.14. The van der Waals surface area contributed by atoms with Crippen molar-refractivity contribution >= 4 is 54.9 Å². The molecule has 3 N–H and O–H groups in total. The molecule has 4 aromatic rings. The number of pyridine rings is 1. The van der Waals surface area contributed by atoms with E-state index in [0.29, 0.717) is 35.3 Å². The van der Waals surface area contributed by atoms with E-state index in [1.54, 1.807) is 6.07 Å². The van der Waals surface area contributed by atoms with Crippen LogP contribution >= 0.6 is 22.9 Å². The predicted octanol–water partition coefficient (Wildman–Crippen LogP) is 4.31. The minimum atomic E-state index is -0.650. The van der Waals surface area contributed by atoms with Crippen LogP contribution in [0.4, 0.5) is 19.6 Å². The van der Waals surface area contributed by atoms with Crippen LogP contribution < -0.4 is 16.0 Å². The monoisotopic (exact) mass is 456 g/mol. The van der Waals surface area contributed by atoms with Gasteiger partial charge in [0.1, 0.15) is 17.4 Å². The number of nitrogens with one attached hydrogen (secondary N) is 1. The van der Waals surface area contributed by atoms with Crippen LogP contribution in [0.2, 0.25) is 5.02 Å². The fourth-order valence-corrected chi connectivity index (χ4v) is 5.06. The molecule has 1 aliphatic heterocycles. The third kappa shape index (κ3) is 3.15. The van der Waals surface area contributed by atoms with Crippen molar-refractivity contribution < 1.29 is 8.78 Å². The first-order valence-corrected chi connectivity index (χ1v) is 10.7. The highest BCUT2D eigenvalue weighted by Gasteiger charge is 2.25. The van der Waals surface area contributed by atoms with Crippen molar-refractivity contribution in [3.05, 3.63) is 46.6 Å². The molecule has 2 aromatic heterocycles. The topological polar surface area (TPSA) is 90.9 Å². The average Bonchev–Trinajstić information content (AvgIpc) is 3.17. The first-order valence-electron chi connectivity index (χ1n) is 9.51. The zero-order valence-electron chi connectivity index (χ0n) is 16.0. The van der Waals surface area contributed by atoms with Crippen molar-refractivity contribution in [3.8, 4) is 17.2 Å². The summed E-state index contributed by atoms with van der Waals surface area (Å²) in [4.78, 5) is 10.4. The Kier molecular flexibility index (Phi) is 4.85. The van der Waals surface area contributed by atoms with E-state index in [0.717, 1.165) is 24.4 Å². The number of nitriles is 1. The molecular formula is C21H15ClF2N6S. The lowest BCUT2D eigenvalue weighted by atomic mass is 9.99. The number of hydrogen-bond donors (Lipinski definition) is 2. The van der Waals surface area contributed by atoms with E-state index in [9.17, 15) is 9.65 Å². The molecule has 1 fully saturated rings. The average molecular weight is 457 g/mol. The number of anilines is 2. The van der Waals surface area contributed by atoms with Crippen molar-refractivity contribution in [3.63, 3.8) is 0 Å². The van der Waals surface area contributed by atoms with Gasteiger partial charge in [-0.25, -0.2) is 13.8 Å². The Morgan fingerprint density at radius 1 is 1.23 bits per heavy atom. The number of rotatable bonds is 2. The summed E-state index contributed by atoms with van der Waals surface area (Å²) in [5.74, 6) is -1.13. The van der Waals surface area contributed by atoms with Crippen LogP contribution in [0.25, 0.3) is 32.2 Å². The fourth-order valence-electron chi connectivity index (χ4n) is 4.00. The van der Waals surface area contributed by atoms with Crippen molar-refractivity contribution in [1.29, 1.82) is 5.26 Å². The quantitative estimate of drug-likeness (QED) is 0.467. The molecule has 2 aromatic carbocycles. The number of benzene rings is 2. The first-order chi connectivity index (χ1) is 15.0. The standard InChI is InChI=1S/C21H15ClF2N6S/c22-13-7-12-17(28-9-10(8-25)19(12)30-5-3-27-4-6-30)16(24)15(13)11-1-2-14(23)20-18(11)29-21(26)31-20/h1-2,7,9,27H,3-6H2,(H2,26,29). The number of halogens is 3. The highest BCUT2D eigenvalue weighted by atomic mass is 35.5. The van der Waals surface area contributed by atoms with Gasteiger partial charge in [-0.05, 0) is 18.2 Å². The largest absolute Gasteiger partial charge is 0.375 e. The number of piperazine rings is 1. The van der Waals surface area contributed by atoms with Crippen LogP contribution in [0.1, 0.15) is 5.56 Å². The van der Waals surface area contributed by atoms with Crippen LogP contribution in [0, 0.1) is 23.0 Å². The second-order valence-corrected chi connectivity index (χ2v) is 8.58. The van der Waals surface area contributed by atoms with Crippen LogP contribution in [-0.4, -0.2) is 36.1 Å². The molecule has 1 saturated heterocycles. The van der Waals surface area contributed by atoms with Gasteiger partial charge < -0.3 is 16.0 Å². The van der Waals surface area contributed by atoms with E-state index in [1.807, 2.05) is 4.90 Å². The van der Waals surface area contributed by atoms with Crippen LogP contribution in [0.5, 0.6) is 0 Å². The normalized spacial score (nSPS) is 14.3. The summed E-state index contributed by atoms with van der Waals surface area (Å²) in [6.45, 7) is 2.85. The van der Waals surface area contributed by atoms with E-state index in [-0.39, 0.29) is 31.5 Å². The summed E-state index contributed by atoms with van der Waals surface area (Å²) in [5.41, 5.74) is 7.49. The van der Waals surface area contributed by atoms with E-state index < -0.39 is 11.6 Å². The Balaban J connectivity index is 1.80. The molecule has 0 bridgehead atoms. The lowest BCUT2D eigenvalue weighted by Crippen LogP contribution is -2.44. The third-order valence-corrected chi connectivity index (χ3v) is 6.55. The van der Waals surface area contributed by atoms with Gasteiger partial charge in [-0.1, -0.05) is 22.9 Å². The molecule has 6 nitrogen and oxygen atoms in total. The minimum absolute atomic E-state index is 0.0768. The van der Waals surface area contributed by atoms with Crippen molar-refractivity contribution in [2.75, 3.05) is 36.8 Å². The van der Waals surface area contributed by atoms with Crippen LogP contribution in [0.15, 0.2) is 24.4 Å². The molecule has 0 spiro atoms. The maximum Gasteiger partial charge on any atom is 0.181 e. The molecule has 0 atom stereocenters. The smallest absolute Gasteiger partial charge is 0.181 e. The third-order valence-electron chi connectivity index (χ3n) is 5.36.